The van der Waals surface area contributed by atoms with Gasteiger partial charge in [-0.3, -0.25) is 0 Å². The number of aliphatic hydroxyl groups is 1. The lowest BCUT2D eigenvalue weighted by Gasteiger charge is -2.19. The molecule has 1 heterocycles. The average molecular weight is 236 g/mol. The standard InChI is InChI=1S/C7H10BrNOS/c1-7(9,4-10)5-2-3-6(8)11-5/h2-3,10H,4,9H2,1H3/t7-/m0/s1. The zero-order valence-corrected chi connectivity index (χ0v) is 8.58. The Labute approximate surface area is 78.2 Å². The first-order valence-electron chi connectivity index (χ1n) is 3.22. The van der Waals surface area contributed by atoms with Crippen LogP contribution in [0.5, 0.6) is 0 Å². The van der Waals surface area contributed by atoms with Gasteiger partial charge in [-0.05, 0) is 35.0 Å². The topological polar surface area (TPSA) is 46.2 Å². The fourth-order valence-electron chi connectivity index (χ4n) is 0.699. The van der Waals surface area contributed by atoms with Crippen molar-refractivity contribution in [3.8, 4) is 0 Å². The molecule has 0 fully saturated rings. The lowest BCUT2D eigenvalue weighted by molar-refractivity contribution is 0.212. The van der Waals surface area contributed by atoms with Crippen molar-refractivity contribution < 1.29 is 5.11 Å². The Kier molecular flexibility index (Phi) is 2.70. The highest BCUT2D eigenvalue weighted by molar-refractivity contribution is 9.11. The second-order valence-corrected chi connectivity index (χ2v) is 5.14. The van der Waals surface area contributed by atoms with Gasteiger partial charge >= 0.3 is 0 Å². The summed E-state index contributed by atoms with van der Waals surface area (Å²) in [6, 6.07) is 3.85. The number of nitrogens with two attached hydrogens (primary N) is 1. The minimum absolute atomic E-state index is 0.0278. The van der Waals surface area contributed by atoms with E-state index < -0.39 is 5.54 Å². The van der Waals surface area contributed by atoms with Gasteiger partial charge in [0.25, 0.3) is 0 Å². The molecule has 1 atom stereocenters. The van der Waals surface area contributed by atoms with Gasteiger partial charge in [-0.15, -0.1) is 11.3 Å². The van der Waals surface area contributed by atoms with E-state index in [9.17, 15) is 0 Å². The van der Waals surface area contributed by atoms with Gasteiger partial charge in [0.15, 0.2) is 0 Å². The second-order valence-electron chi connectivity index (χ2n) is 2.68. The summed E-state index contributed by atoms with van der Waals surface area (Å²) in [4.78, 5) is 0.992. The summed E-state index contributed by atoms with van der Waals surface area (Å²) < 4.78 is 1.04. The van der Waals surface area contributed by atoms with Crippen LogP contribution in [0, 0.1) is 0 Å². The molecule has 1 aromatic rings. The predicted octanol–water partition coefficient (Wildman–Crippen LogP) is 1.68. The number of rotatable bonds is 2. The lowest BCUT2D eigenvalue weighted by atomic mass is 10.0. The quantitative estimate of drug-likeness (QED) is 0.820. The molecule has 0 amide bonds. The molecular formula is C7H10BrNOS. The summed E-state index contributed by atoms with van der Waals surface area (Å²) in [7, 11) is 0. The number of thiophene rings is 1. The van der Waals surface area contributed by atoms with Crippen LogP contribution in [0.15, 0.2) is 15.9 Å². The van der Waals surface area contributed by atoms with Crippen molar-refractivity contribution in [3.63, 3.8) is 0 Å². The second kappa shape index (κ2) is 3.23. The van der Waals surface area contributed by atoms with Crippen LogP contribution in [-0.2, 0) is 5.54 Å². The third-order valence-electron chi connectivity index (χ3n) is 1.46. The fraction of sp³-hybridized carbons (Fsp3) is 0.429. The Morgan fingerprint density at radius 1 is 1.73 bits per heavy atom. The van der Waals surface area contributed by atoms with E-state index in [4.69, 9.17) is 10.8 Å². The maximum absolute atomic E-state index is 8.92. The van der Waals surface area contributed by atoms with Crippen molar-refractivity contribution in [2.45, 2.75) is 12.5 Å². The highest BCUT2D eigenvalue weighted by atomic mass is 79.9. The lowest BCUT2D eigenvalue weighted by Crippen LogP contribution is -2.35. The monoisotopic (exact) mass is 235 g/mol. The van der Waals surface area contributed by atoms with Crippen molar-refractivity contribution in [2.24, 2.45) is 5.73 Å². The molecule has 1 aromatic heterocycles. The van der Waals surface area contributed by atoms with Crippen LogP contribution in [0.25, 0.3) is 0 Å². The molecule has 0 unspecified atom stereocenters. The molecule has 0 aliphatic heterocycles. The van der Waals surface area contributed by atoms with Crippen LogP contribution in [0.3, 0.4) is 0 Å². The Morgan fingerprint density at radius 3 is 2.73 bits per heavy atom. The first-order valence-corrected chi connectivity index (χ1v) is 4.83. The van der Waals surface area contributed by atoms with Gasteiger partial charge in [-0.2, -0.15) is 0 Å². The van der Waals surface area contributed by atoms with E-state index in [-0.39, 0.29) is 6.61 Å². The Balaban J connectivity index is 2.92. The molecule has 0 aliphatic carbocycles. The van der Waals surface area contributed by atoms with Gasteiger partial charge in [0.2, 0.25) is 0 Å². The van der Waals surface area contributed by atoms with E-state index in [1.807, 2.05) is 19.1 Å². The first-order chi connectivity index (χ1) is 5.06. The molecule has 11 heavy (non-hydrogen) atoms. The van der Waals surface area contributed by atoms with Crippen LogP contribution >= 0.6 is 27.3 Å². The molecule has 2 nitrogen and oxygen atoms in total. The fourth-order valence-corrected chi connectivity index (χ4v) is 2.13. The van der Waals surface area contributed by atoms with Crippen molar-refractivity contribution in [3.05, 3.63) is 20.8 Å². The summed E-state index contributed by atoms with van der Waals surface area (Å²) in [6.07, 6.45) is 0. The molecule has 0 aromatic carbocycles. The smallest absolute Gasteiger partial charge is 0.0709 e. The molecular weight excluding hydrogens is 226 g/mol. The van der Waals surface area contributed by atoms with E-state index in [0.717, 1.165) is 8.66 Å². The molecule has 0 saturated heterocycles. The number of halogens is 1. The van der Waals surface area contributed by atoms with Gasteiger partial charge in [-0.1, -0.05) is 0 Å². The zero-order valence-electron chi connectivity index (χ0n) is 6.17. The summed E-state index contributed by atoms with van der Waals surface area (Å²) in [5.74, 6) is 0. The Bertz CT molecular complexity index is 246. The third-order valence-corrected chi connectivity index (χ3v) is 3.37. The van der Waals surface area contributed by atoms with E-state index in [0.29, 0.717) is 0 Å². The van der Waals surface area contributed by atoms with Gasteiger partial charge < -0.3 is 10.8 Å². The number of hydrogen-bond acceptors (Lipinski definition) is 3. The SMILES string of the molecule is C[C@](N)(CO)c1ccc(Br)s1. The van der Waals surface area contributed by atoms with E-state index >= 15 is 0 Å². The summed E-state index contributed by atoms with van der Waals surface area (Å²) in [5, 5.41) is 8.92. The van der Waals surface area contributed by atoms with E-state index in [1.165, 1.54) is 0 Å². The molecule has 0 bridgehead atoms. The molecule has 0 radical (unpaired) electrons. The van der Waals surface area contributed by atoms with E-state index in [2.05, 4.69) is 15.9 Å². The van der Waals surface area contributed by atoms with Crippen LogP contribution in [0.4, 0.5) is 0 Å². The van der Waals surface area contributed by atoms with Crippen molar-refractivity contribution in [1.82, 2.24) is 0 Å². The highest BCUT2D eigenvalue weighted by Gasteiger charge is 2.21. The molecule has 0 spiro atoms. The van der Waals surface area contributed by atoms with Gasteiger partial charge in [0, 0.05) is 4.88 Å². The van der Waals surface area contributed by atoms with Gasteiger partial charge in [-0.25, -0.2) is 0 Å². The van der Waals surface area contributed by atoms with Crippen LogP contribution in [-0.4, -0.2) is 11.7 Å². The molecule has 62 valence electrons. The van der Waals surface area contributed by atoms with Gasteiger partial charge in [0.05, 0.1) is 15.9 Å². The van der Waals surface area contributed by atoms with Crippen LogP contribution in [0.2, 0.25) is 0 Å². The van der Waals surface area contributed by atoms with Crippen molar-refractivity contribution >= 4 is 27.3 Å². The predicted molar refractivity (Wildman–Crippen MR) is 50.6 cm³/mol. The zero-order chi connectivity index (χ0) is 8.48. The molecule has 0 aliphatic rings. The van der Waals surface area contributed by atoms with Crippen LogP contribution in [0.1, 0.15) is 11.8 Å². The minimum atomic E-state index is -0.601. The molecule has 0 saturated carbocycles. The number of hydrogen-bond donors (Lipinski definition) is 2. The summed E-state index contributed by atoms with van der Waals surface area (Å²) >= 11 is 4.89. The Hall–Kier alpha value is 0.1000. The molecule has 1 rings (SSSR count). The minimum Gasteiger partial charge on any atom is -0.394 e. The van der Waals surface area contributed by atoms with Crippen LogP contribution < -0.4 is 5.73 Å². The maximum atomic E-state index is 8.92. The Morgan fingerprint density at radius 2 is 2.36 bits per heavy atom. The number of aliphatic hydroxyl groups excluding tert-OH is 1. The van der Waals surface area contributed by atoms with E-state index in [1.54, 1.807) is 11.3 Å². The van der Waals surface area contributed by atoms with Crippen molar-refractivity contribution in [2.75, 3.05) is 6.61 Å². The maximum Gasteiger partial charge on any atom is 0.0709 e. The van der Waals surface area contributed by atoms with Crippen molar-refractivity contribution in [1.29, 1.82) is 0 Å². The third kappa shape index (κ3) is 2.02. The first kappa shape index (κ1) is 9.19. The summed E-state index contributed by atoms with van der Waals surface area (Å²) in [5.41, 5.74) is 5.19. The molecule has 4 heteroatoms. The largest absolute Gasteiger partial charge is 0.394 e. The summed E-state index contributed by atoms with van der Waals surface area (Å²) in [6.45, 7) is 1.78. The average Bonchev–Trinajstić information content (AvgIpc) is 2.36. The molecule has 3 N–H and O–H groups in total. The van der Waals surface area contributed by atoms with Gasteiger partial charge in [0.1, 0.15) is 0 Å². The highest BCUT2D eigenvalue weighted by Crippen LogP contribution is 2.29. The normalized spacial score (nSPS) is 16.4.